The van der Waals surface area contributed by atoms with E-state index in [1.54, 1.807) is 14.0 Å². The molecule has 0 unspecified atom stereocenters. The van der Waals surface area contributed by atoms with E-state index in [1.165, 1.54) is 4.31 Å². The topological polar surface area (TPSA) is 78.1 Å². The maximum absolute atomic E-state index is 12.8. The second kappa shape index (κ2) is 6.89. The van der Waals surface area contributed by atoms with Crippen LogP contribution in [0.2, 0.25) is 0 Å². The highest BCUT2D eigenvalue weighted by Gasteiger charge is 2.30. The van der Waals surface area contributed by atoms with Crippen molar-refractivity contribution in [3.63, 3.8) is 0 Å². The molecule has 1 aromatic heterocycles. The maximum Gasteiger partial charge on any atom is 0.246 e. The van der Waals surface area contributed by atoms with Crippen molar-refractivity contribution < 1.29 is 8.42 Å². The Hall–Kier alpha value is -0.920. The van der Waals surface area contributed by atoms with Gasteiger partial charge >= 0.3 is 0 Å². The molecule has 122 valence electrons. The molecule has 7 heteroatoms. The van der Waals surface area contributed by atoms with Crippen LogP contribution in [-0.4, -0.2) is 43.1 Å². The third kappa shape index (κ3) is 4.79. The molecule has 0 amide bonds. The summed E-state index contributed by atoms with van der Waals surface area (Å²) >= 11 is 0. The van der Waals surface area contributed by atoms with Gasteiger partial charge in [0.05, 0.1) is 11.4 Å². The Balaban J connectivity index is 3.05. The smallest absolute Gasteiger partial charge is 0.246 e. The molecule has 1 aromatic rings. The van der Waals surface area contributed by atoms with Crippen LogP contribution in [0.25, 0.3) is 0 Å². The summed E-state index contributed by atoms with van der Waals surface area (Å²) in [6.45, 7) is 11.6. The number of rotatable bonds is 7. The third-order valence-corrected chi connectivity index (χ3v) is 5.05. The van der Waals surface area contributed by atoms with Gasteiger partial charge in [0.25, 0.3) is 0 Å². The molecule has 0 spiro atoms. The Kier molecular flexibility index (Phi) is 5.95. The van der Waals surface area contributed by atoms with Crippen molar-refractivity contribution in [3.05, 3.63) is 11.4 Å². The van der Waals surface area contributed by atoms with Crippen LogP contribution in [0, 0.1) is 12.3 Å². The van der Waals surface area contributed by atoms with Crippen molar-refractivity contribution in [3.8, 4) is 0 Å². The number of aromatic nitrogens is 2. The minimum absolute atomic E-state index is 0.0971. The van der Waals surface area contributed by atoms with Crippen molar-refractivity contribution in [1.82, 2.24) is 19.8 Å². The minimum atomic E-state index is -3.53. The highest BCUT2D eigenvalue weighted by molar-refractivity contribution is 7.89. The molecule has 0 saturated carbocycles. The van der Waals surface area contributed by atoms with Gasteiger partial charge in [0.2, 0.25) is 10.0 Å². The predicted molar refractivity (Wildman–Crippen MR) is 84.6 cm³/mol. The molecule has 0 bridgehead atoms. The van der Waals surface area contributed by atoms with Gasteiger partial charge in [0, 0.05) is 20.1 Å². The Bertz CT molecular complexity index is 558. The Labute approximate surface area is 128 Å². The number of nitrogens with one attached hydrogen (secondary N) is 2. The second-order valence-corrected chi connectivity index (χ2v) is 8.60. The van der Waals surface area contributed by atoms with Gasteiger partial charge in [-0.3, -0.25) is 5.10 Å². The van der Waals surface area contributed by atoms with E-state index in [-0.39, 0.29) is 5.41 Å². The van der Waals surface area contributed by atoms with Gasteiger partial charge in [-0.1, -0.05) is 27.7 Å². The summed E-state index contributed by atoms with van der Waals surface area (Å²) in [6, 6.07) is 0. The molecule has 21 heavy (non-hydrogen) atoms. The molecule has 1 rings (SSSR count). The predicted octanol–water partition coefficient (Wildman–Crippen LogP) is 1.88. The normalized spacial score (nSPS) is 13.1. The number of hydrogen-bond donors (Lipinski definition) is 2. The summed E-state index contributed by atoms with van der Waals surface area (Å²) < 4.78 is 27.0. The van der Waals surface area contributed by atoms with Crippen molar-refractivity contribution >= 4 is 10.0 Å². The van der Waals surface area contributed by atoms with Gasteiger partial charge in [0.1, 0.15) is 4.90 Å². The second-order valence-electron chi connectivity index (χ2n) is 6.62. The van der Waals surface area contributed by atoms with Gasteiger partial charge < -0.3 is 5.32 Å². The molecular weight excluding hydrogens is 288 g/mol. The summed E-state index contributed by atoms with van der Waals surface area (Å²) in [4.78, 5) is 0.304. The van der Waals surface area contributed by atoms with Crippen molar-refractivity contribution in [2.24, 2.45) is 5.41 Å². The average molecular weight is 316 g/mol. The molecule has 0 aromatic carbocycles. The average Bonchev–Trinajstić information content (AvgIpc) is 2.69. The minimum Gasteiger partial charge on any atom is -0.311 e. The molecule has 1 heterocycles. The largest absolute Gasteiger partial charge is 0.311 e. The summed E-state index contributed by atoms with van der Waals surface area (Å²) in [5.74, 6) is 0. The molecule has 0 aliphatic carbocycles. The number of aryl methyl sites for hydroxylation is 1. The van der Waals surface area contributed by atoms with Crippen LogP contribution in [0.5, 0.6) is 0 Å². The van der Waals surface area contributed by atoms with E-state index in [9.17, 15) is 8.42 Å². The van der Waals surface area contributed by atoms with Crippen LogP contribution >= 0.6 is 0 Å². The Morgan fingerprint density at radius 3 is 2.48 bits per heavy atom. The molecule has 0 fully saturated rings. The molecule has 0 saturated heterocycles. The van der Waals surface area contributed by atoms with E-state index in [2.05, 4.69) is 22.4 Å². The van der Waals surface area contributed by atoms with Gasteiger partial charge in [-0.25, -0.2) is 12.7 Å². The molecule has 0 aliphatic rings. The van der Waals surface area contributed by atoms with Gasteiger partial charge in [0.15, 0.2) is 0 Å². The van der Waals surface area contributed by atoms with Crippen molar-refractivity contribution in [1.29, 1.82) is 0 Å². The fourth-order valence-corrected chi connectivity index (χ4v) is 3.94. The fraction of sp³-hybridized carbons (Fsp3) is 0.786. The van der Waals surface area contributed by atoms with Gasteiger partial charge in [-0.2, -0.15) is 5.10 Å². The molecular formula is C14H28N4O2S. The van der Waals surface area contributed by atoms with E-state index in [1.807, 2.05) is 20.8 Å². The maximum atomic E-state index is 12.8. The van der Waals surface area contributed by atoms with Crippen molar-refractivity contribution in [2.45, 2.75) is 52.5 Å². The lowest BCUT2D eigenvalue weighted by Gasteiger charge is -2.26. The van der Waals surface area contributed by atoms with Crippen LogP contribution in [-0.2, 0) is 16.6 Å². The first kappa shape index (κ1) is 18.1. The number of aromatic amines is 1. The lowest BCUT2D eigenvalue weighted by Crippen LogP contribution is -2.35. The van der Waals surface area contributed by atoms with E-state index in [4.69, 9.17) is 0 Å². The number of nitrogens with zero attached hydrogens (tertiary/aromatic N) is 2. The zero-order chi connectivity index (χ0) is 16.3. The van der Waals surface area contributed by atoms with Crippen LogP contribution in [0.1, 0.15) is 45.5 Å². The van der Waals surface area contributed by atoms with Crippen molar-refractivity contribution in [2.75, 3.05) is 20.1 Å². The van der Waals surface area contributed by atoms with Gasteiger partial charge in [-0.15, -0.1) is 0 Å². The van der Waals surface area contributed by atoms with E-state index < -0.39 is 10.0 Å². The first-order valence-corrected chi connectivity index (χ1v) is 8.74. The SMILES string of the molecule is CCCNCc1n[nH]c(C)c1S(=O)(=O)N(C)CC(C)(C)C. The standard InChI is InChI=1S/C14H28N4O2S/c1-7-8-15-9-12-13(11(2)16-17-12)21(19,20)18(6)10-14(3,4)5/h15H,7-10H2,1-6H3,(H,16,17). The third-order valence-electron chi connectivity index (χ3n) is 3.05. The Morgan fingerprint density at radius 2 is 1.95 bits per heavy atom. The Morgan fingerprint density at radius 1 is 1.33 bits per heavy atom. The summed E-state index contributed by atoms with van der Waals surface area (Å²) in [6.07, 6.45) is 0.995. The first-order valence-electron chi connectivity index (χ1n) is 7.30. The quantitative estimate of drug-likeness (QED) is 0.753. The number of sulfonamides is 1. The molecule has 0 atom stereocenters. The zero-order valence-electron chi connectivity index (χ0n) is 13.9. The van der Waals surface area contributed by atoms with E-state index in [0.29, 0.717) is 29.4 Å². The number of H-pyrrole nitrogens is 1. The summed E-state index contributed by atoms with van der Waals surface area (Å²) in [5, 5.41) is 10.1. The van der Waals surface area contributed by atoms with Crippen LogP contribution in [0.4, 0.5) is 0 Å². The van der Waals surface area contributed by atoms with Crippen LogP contribution in [0.15, 0.2) is 4.90 Å². The number of hydrogen-bond acceptors (Lipinski definition) is 4. The summed E-state index contributed by atoms with van der Waals surface area (Å²) in [5.41, 5.74) is 1.05. The van der Waals surface area contributed by atoms with Gasteiger partial charge in [-0.05, 0) is 25.3 Å². The van der Waals surface area contributed by atoms with E-state index in [0.717, 1.165) is 13.0 Å². The molecule has 6 nitrogen and oxygen atoms in total. The highest BCUT2D eigenvalue weighted by Crippen LogP contribution is 2.24. The highest BCUT2D eigenvalue weighted by atomic mass is 32.2. The lowest BCUT2D eigenvalue weighted by molar-refractivity contribution is 0.310. The molecule has 0 aliphatic heterocycles. The van der Waals surface area contributed by atoms with E-state index >= 15 is 0 Å². The van der Waals surface area contributed by atoms with Crippen LogP contribution < -0.4 is 5.32 Å². The van der Waals surface area contributed by atoms with Crippen LogP contribution in [0.3, 0.4) is 0 Å². The molecule has 2 N–H and O–H groups in total. The zero-order valence-corrected chi connectivity index (χ0v) is 14.8. The lowest BCUT2D eigenvalue weighted by atomic mass is 9.97. The molecule has 0 radical (unpaired) electrons. The monoisotopic (exact) mass is 316 g/mol. The summed E-state index contributed by atoms with van der Waals surface area (Å²) in [7, 11) is -1.91. The fourth-order valence-electron chi connectivity index (χ4n) is 2.22. The first-order chi connectivity index (χ1) is 9.59.